The number of carbonyl (C=O) groups excluding carboxylic acids is 1. The second kappa shape index (κ2) is 9.11. The van der Waals surface area contributed by atoms with E-state index in [0.29, 0.717) is 6.54 Å². The highest BCUT2D eigenvalue weighted by Crippen LogP contribution is 2.29. The Balaban J connectivity index is 1.47. The van der Waals surface area contributed by atoms with Gasteiger partial charge in [-0.15, -0.1) is 21.5 Å². The topological polar surface area (TPSA) is 69.0 Å². The molecule has 0 radical (unpaired) electrons. The molecule has 1 N–H and O–H groups in total. The Morgan fingerprint density at radius 3 is 2.97 bits per heavy atom. The lowest BCUT2D eigenvalue weighted by Crippen LogP contribution is -2.18. The van der Waals surface area contributed by atoms with Crippen LogP contribution in [-0.2, 0) is 16.1 Å². The molecule has 152 valence electrons. The summed E-state index contributed by atoms with van der Waals surface area (Å²) < 4.78 is 7.92. The zero-order valence-electron chi connectivity index (χ0n) is 16.6. The minimum Gasteiger partial charge on any atom is -0.376 e. The van der Waals surface area contributed by atoms with E-state index >= 15 is 0 Å². The number of nitrogens with zero attached hydrogens (tertiary/aromatic N) is 3. The number of aryl methyl sites for hydroxylation is 1. The number of anilines is 1. The third-order valence-corrected chi connectivity index (χ3v) is 6.91. The molecule has 3 aromatic rings. The fourth-order valence-electron chi connectivity index (χ4n) is 3.34. The summed E-state index contributed by atoms with van der Waals surface area (Å²) in [5.41, 5.74) is 3.11. The molecule has 0 aliphatic carbocycles. The molecule has 1 fully saturated rings. The first kappa shape index (κ1) is 20.1. The van der Waals surface area contributed by atoms with E-state index in [0.717, 1.165) is 52.1 Å². The van der Waals surface area contributed by atoms with Gasteiger partial charge in [0, 0.05) is 12.3 Å². The quantitative estimate of drug-likeness (QED) is 0.560. The Morgan fingerprint density at radius 2 is 2.21 bits per heavy atom. The molecular formula is C21H24N4O2S2. The molecule has 0 saturated carbocycles. The highest BCUT2D eigenvalue weighted by Gasteiger charge is 2.22. The van der Waals surface area contributed by atoms with E-state index in [9.17, 15) is 4.79 Å². The van der Waals surface area contributed by atoms with Gasteiger partial charge >= 0.3 is 0 Å². The number of ether oxygens (including phenoxy) is 1. The van der Waals surface area contributed by atoms with Gasteiger partial charge in [0.2, 0.25) is 5.91 Å². The normalized spacial score (nSPS) is 16.3. The number of thiophene rings is 1. The largest absolute Gasteiger partial charge is 0.376 e. The monoisotopic (exact) mass is 428 g/mol. The SMILES string of the molecule is Cc1cccc(NC(=O)CSc2nnc(-c3cccs3)n2CC2CCCO2)c1C. The van der Waals surface area contributed by atoms with Crippen LogP contribution in [0.1, 0.15) is 24.0 Å². The van der Waals surface area contributed by atoms with E-state index in [1.54, 1.807) is 11.3 Å². The smallest absolute Gasteiger partial charge is 0.234 e. The van der Waals surface area contributed by atoms with Crippen LogP contribution in [0.4, 0.5) is 5.69 Å². The van der Waals surface area contributed by atoms with Gasteiger partial charge in [-0.3, -0.25) is 9.36 Å². The Labute approximate surface area is 178 Å². The third-order valence-electron chi connectivity index (χ3n) is 5.08. The van der Waals surface area contributed by atoms with Gasteiger partial charge in [-0.1, -0.05) is 30.0 Å². The highest BCUT2D eigenvalue weighted by atomic mass is 32.2. The molecule has 1 amide bonds. The summed E-state index contributed by atoms with van der Waals surface area (Å²) in [7, 11) is 0. The Bertz CT molecular complexity index is 979. The first-order chi connectivity index (χ1) is 14.1. The lowest BCUT2D eigenvalue weighted by atomic mass is 10.1. The molecule has 0 bridgehead atoms. The number of aromatic nitrogens is 3. The van der Waals surface area contributed by atoms with Gasteiger partial charge in [-0.25, -0.2) is 0 Å². The predicted octanol–water partition coefficient (Wildman–Crippen LogP) is 4.53. The molecule has 1 aromatic carbocycles. The van der Waals surface area contributed by atoms with Gasteiger partial charge < -0.3 is 10.1 Å². The molecule has 2 aromatic heterocycles. The lowest BCUT2D eigenvalue weighted by molar-refractivity contribution is -0.113. The molecule has 1 unspecified atom stereocenters. The minimum absolute atomic E-state index is 0.0481. The Morgan fingerprint density at radius 1 is 1.31 bits per heavy atom. The van der Waals surface area contributed by atoms with Gasteiger partial charge in [0.05, 0.1) is 23.3 Å². The van der Waals surface area contributed by atoms with Gasteiger partial charge in [0.15, 0.2) is 11.0 Å². The summed E-state index contributed by atoms with van der Waals surface area (Å²) in [5, 5.41) is 14.6. The van der Waals surface area contributed by atoms with Gasteiger partial charge in [-0.05, 0) is 55.3 Å². The summed E-state index contributed by atoms with van der Waals surface area (Å²) in [5.74, 6) is 1.07. The molecule has 1 atom stereocenters. The highest BCUT2D eigenvalue weighted by molar-refractivity contribution is 7.99. The van der Waals surface area contributed by atoms with Crippen molar-refractivity contribution in [3.05, 3.63) is 46.8 Å². The van der Waals surface area contributed by atoms with Crippen LogP contribution in [0.2, 0.25) is 0 Å². The summed E-state index contributed by atoms with van der Waals surface area (Å²) >= 11 is 3.05. The molecule has 1 aliphatic rings. The van der Waals surface area contributed by atoms with Crippen molar-refractivity contribution >= 4 is 34.7 Å². The summed E-state index contributed by atoms with van der Waals surface area (Å²) in [4.78, 5) is 13.6. The van der Waals surface area contributed by atoms with Crippen molar-refractivity contribution in [1.82, 2.24) is 14.8 Å². The Kier molecular flexibility index (Phi) is 6.32. The van der Waals surface area contributed by atoms with Crippen LogP contribution < -0.4 is 5.32 Å². The maximum Gasteiger partial charge on any atom is 0.234 e. The van der Waals surface area contributed by atoms with E-state index < -0.39 is 0 Å². The second-order valence-electron chi connectivity index (χ2n) is 7.11. The summed E-state index contributed by atoms with van der Waals surface area (Å²) in [6.07, 6.45) is 2.30. The fraction of sp³-hybridized carbons (Fsp3) is 0.381. The number of benzene rings is 1. The minimum atomic E-state index is -0.0481. The number of hydrogen-bond donors (Lipinski definition) is 1. The molecule has 1 saturated heterocycles. The van der Waals surface area contributed by atoms with Crippen LogP contribution in [-0.4, -0.2) is 39.1 Å². The molecule has 3 heterocycles. The van der Waals surface area contributed by atoms with Crippen molar-refractivity contribution in [2.24, 2.45) is 0 Å². The fourth-order valence-corrected chi connectivity index (χ4v) is 4.81. The number of rotatable bonds is 7. The van der Waals surface area contributed by atoms with Crippen molar-refractivity contribution in [2.75, 3.05) is 17.7 Å². The molecule has 4 rings (SSSR count). The summed E-state index contributed by atoms with van der Waals surface area (Å²) in [6.45, 7) is 5.58. The van der Waals surface area contributed by atoms with E-state index in [-0.39, 0.29) is 17.8 Å². The number of hydrogen-bond acceptors (Lipinski definition) is 6. The maximum absolute atomic E-state index is 12.5. The van der Waals surface area contributed by atoms with Crippen LogP contribution >= 0.6 is 23.1 Å². The molecule has 0 spiro atoms. The lowest BCUT2D eigenvalue weighted by Gasteiger charge is -2.14. The van der Waals surface area contributed by atoms with Gasteiger partial charge in [-0.2, -0.15) is 0 Å². The van der Waals surface area contributed by atoms with Crippen molar-refractivity contribution in [1.29, 1.82) is 0 Å². The van der Waals surface area contributed by atoms with Crippen LogP contribution in [0.3, 0.4) is 0 Å². The zero-order valence-corrected chi connectivity index (χ0v) is 18.2. The molecule has 1 aliphatic heterocycles. The van der Waals surface area contributed by atoms with Crippen LogP contribution in [0, 0.1) is 13.8 Å². The Hall–Kier alpha value is -2.16. The van der Waals surface area contributed by atoms with Gasteiger partial charge in [0.1, 0.15) is 0 Å². The molecule has 6 nitrogen and oxygen atoms in total. The second-order valence-corrected chi connectivity index (χ2v) is 9.00. The number of nitrogens with one attached hydrogen (secondary N) is 1. The van der Waals surface area contributed by atoms with Crippen LogP contribution in [0.25, 0.3) is 10.7 Å². The predicted molar refractivity (Wildman–Crippen MR) is 118 cm³/mol. The van der Waals surface area contributed by atoms with E-state index in [2.05, 4.69) is 20.1 Å². The number of amides is 1. The van der Waals surface area contributed by atoms with Crippen LogP contribution in [0.15, 0.2) is 40.9 Å². The average Bonchev–Trinajstić information content (AvgIpc) is 3.46. The first-order valence-corrected chi connectivity index (χ1v) is 11.6. The molecule has 29 heavy (non-hydrogen) atoms. The summed E-state index contributed by atoms with van der Waals surface area (Å²) in [6, 6.07) is 9.98. The maximum atomic E-state index is 12.5. The third kappa shape index (κ3) is 4.71. The average molecular weight is 429 g/mol. The first-order valence-electron chi connectivity index (χ1n) is 9.69. The van der Waals surface area contributed by atoms with E-state index in [4.69, 9.17) is 4.74 Å². The van der Waals surface area contributed by atoms with Crippen LogP contribution in [0.5, 0.6) is 0 Å². The van der Waals surface area contributed by atoms with E-state index in [1.165, 1.54) is 11.8 Å². The molecular weight excluding hydrogens is 404 g/mol. The van der Waals surface area contributed by atoms with Gasteiger partial charge in [0.25, 0.3) is 0 Å². The van der Waals surface area contributed by atoms with Crippen molar-refractivity contribution in [2.45, 2.75) is 44.5 Å². The zero-order chi connectivity index (χ0) is 20.2. The molecule has 8 heteroatoms. The van der Waals surface area contributed by atoms with E-state index in [1.807, 2.05) is 49.6 Å². The van der Waals surface area contributed by atoms with Crippen molar-refractivity contribution in [3.63, 3.8) is 0 Å². The van der Waals surface area contributed by atoms with Crippen molar-refractivity contribution < 1.29 is 9.53 Å². The standard InChI is InChI=1S/C21H24N4O2S2/c1-14-6-3-8-17(15(14)2)22-19(26)13-29-21-24-23-20(18-9-5-11-28-18)25(21)12-16-7-4-10-27-16/h3,5-6,8-9,11,16H,4,7,10,12-13H2,1-2H3,(H,22,26). The van der Waals surface area contributed by atoms with Crippen molar-refractivity contribution in [3.8, 4) is 10.7 Å². The number of carbonyl (C=O) groups is 1. The number of thioether (sulfide) groups is 1.